The van der Waals surface area contributed by atoms with Crippen molar-refractivity contribution in [3.63, 3.8) is 0 Å². The third kappa shape index (κ3) is 2.18. The molecular formula is C10H8N2O5S. The molecule has 0 fully saturated rings. The predicted octanol–water partition coefficient (Wildman–Crippen LogP) is -0.118. The number of nitrogens with two attached hydrogens (primary N) is 1. The highest BCUT2D eigenvalue weighted by atomic mass is 32.2. The van der Waals surface area contributed by atoms with Crippen molar-refractivity contribution >= 4 is 21.7 Å². The van der Waals surface area contributed by atoms with Crippen molar-refractivity contribution in [3.8, 4) is 11.5 Å². The van der Waals surface area contributed by atoms with Crippen molar-refractivity contribution < 1.29 is 23.1 Å². The molecule has 1 aromatic carbocycles. The van der Waals surface area contributed by atoms with Crippen LogP contribution in [-0.4, -0.2) is 25.2 Å². The molecule has 1 aliphatic heterocycles. The van der Waals surface area contributed by atoms with E-state index in [-0.39, 0.29) is 11.5 Å². The van der Waals surface area contributed by atoms with Gasteiger partial charge in [-0.25, -0.2) is 4.79 Å². The second kappa shape index (κ2) is 4.15. The summed E-state index contributed by atoms with van der Waals surface area (Å²) in [5, 5.41) is 8.86. The van der Waals surface area contributed by atoms with E-state index in [2.05, 4.69) is 4.40 Å². The number of rotatable bonds is 2. The lowest BCUT2D eigenvalue weighted by Crippen LogP contribution is -2.17. The molecule has 0 unspecified atom stereocenters. The van der Waals surface area contributed by atoms with Crippen LogP contribution in [0.4, 0.5) is 0 Å². The molecule has 0 radical (unpaired) electrons. The maximum Gasteiger partial charge on any atom is 0.363 e. The second-order valence-corrected chi connectivity index (χ2v) is 4.96. The zero-order chi connectivity index (χ0) is 13.3. The van der Waals surface area contributed by atoms with Gasteiger partial charge in [0.25, 0.3) is 10.0 Å². The van der Waals surface area contributed by atoms with Gasteiger partial charge >= 0.3 is 5.97 Å². The monoisotopic (exact) mass is 268 g/mol. The Morgan fingerprint density at radius 3 is 2.56 bits per heavy atom. The van der Waals surface area contributed by atoms with Crippen LogP contribution in [-0.2, 0) is 14.8 Å². The van der Waals surface area contributed by atoms with Gasteiger partial charge in [0, 0.05) is 6.08 Å². The first-order chi connectivity index (χ1) is 8.40. The molecule has 94 valence electrons. The Morgan fingerprint density at radius 1 is 1.33 bits per heavy atom. The van der Waals surface area contributed by atoms with Gasteiger partial charge in [-0.15, -0.1) is 0 Å². The number of ether oxygens (including phenoxy) is 1. The minimum Gasteiger partial charge on any atom is -0.504 e. The summed E-state index contributed by atoms with van der Waals surface area (Å²) in [6, 6.07) is 5.76. The van der Waals surface area contributed by atoms with Gasteiger partial charge in [0.15, 0.2) is 22.2 Å². The summed E-state index contributed by atoms with van der Waals surface area (Å²) >= 11 is 0. The van der Waals surface area contributed by atoms with Crippen LogP contribution in [0.2, 0.25) is 0 Å². The molecule has 0 spiro atoms. The smallest absolute Gasteiger partial charge is 0.363 e. The average molecular weight is 268 g/mol. The van der Waals surface area contributed by atoms with E-state index < -0.39 is 26.7 Å². The Hall–Kier alpha value is -2.35. The summed E-state index contributed by atoms with van der Waals surface area (Å²) in [4.78, 5) is 11.6. The standard InChI is InChI=1S/C10H8N2O5S/c11-9-5-6(12-18(9,15)16)10(14)17-8-4-2-1-3-7(8)13/h1-5,13H,11H2. The van der Waals surface area contributed by atoms with Gasteiger partial charge in [0.2, 0.25) is 0 Å². The summed E-state index contributed by atoms with van der Waals surface area (Å²) in [6.07, 6.45) is 0.900. The minimum absolute atomic E-state index is 0.0959. The molecule has 0 saturated heterocycles. The predicted molar refractivity (Wildman–Crippen MR) is 62.4 cm³/mol. The summed E-state index contributed by atoms with van der Waals surface area (Å²) in [5.41, 5.74) is 4.73. The molecule has 1 heterocycles. The molecule has 0 saturated carbocycles. The Labute approximate surface area is 102 Å². The fraction of sp³-hybridized carbons (Fsp3) is 0. The van der Waals surface area contributed by atoms with Crippen molar-refractivity contribution in [3.05, 3.63) is 35.4 Å². The second-order valence-electron chi connectivity index (χ2n) is 3.36. The molecule has 1 aromatic rings. The molecule has 1 aliphatic rings. The van der Waals surface area contributed by atoms with Crippen molar-refractivity contribution in [2.45, 2.75) is 0 Å². The summed E-state index contributed by atoms with van der Waals surface area (Å²) in [6.45, 7) is 0. The molecule has 8 heteroatoms. The fourth-order valence-electron chi connectivity index (χ4n) is 1.21. The van der Waals surface area contributed by atoms with Gasteiger partial charge < -0.3 is 15.6 Å². The fourth-order valence-corrected chi connectivity index (χ4v) is 1.96. The number of hydrogen-bond donors (Lipinski definition) is 2. The van der Waals surface area contributed by atoms with Gasteiger partial charge in [-0.3, -0.25) is 0 Å². The van der Waals surface area contributed by atoms with E-state index in [1.807, 2.05) is 0 Å². The van der Waals surface area contributed by atoms with Gasteiger partial charge in [-0.2, -0.15) is 12.8 Å². The zero-order valence-corrected chi connectivity index (χ0v) is 9.72. The normalized spacial score (nSPS) is 16.9. The highest BCUT2D eigenvalue weighted by Gasteiger charge is 2.27. The number of esters is 1. The van der Waals surface area contributed by atoms with E-state index >= 15 is 0 Å². The van der Waals surface area contributed by atoms with Gasteiger partial charge in [0.1, 0.15) is 0 Å². The number of benzene rings is 1. The van der Waals surface area contributed by atoms with Crippen LogP contribution in [0.15, 0.2) is 39.8 Å². The number of hydrogen-bond acceptors (Lipinski definition) is 6. The number of nitrogens with zero attached hydrogens (tertiary/aromatic N) is 1. The Bertz CT molecular complexity index is 675. The lowest BCUT2D eigenvalue weighted by molar-refractivity contribution is -0.126. The van der Waals surface area contributed by atoms with Crippen LogP contribution < -0.4 is 10.5 Å². The summed E-state index contributed by atoms with van der Waals surface area (Å²) in [7, 11) is -3.96. The Morgan fingerprint density at radius 2 is 2.00 bits per heavy atom. The highest BCUT2D eigenvalue weighted by molar-refractivity contribution is 7.94. The number of carbonyl (C=O) groups excluding carboxylic acids is 1. The van der Waals surface area contributed by atoms with Crippen LogP contribution in [0.25, 0.3) is 0 Å². The van der Waals surface area contributed by atoms with Crippen LogP contribution in [0, 0.1) is 0 Å². The van der Waals surface area contributed by atoms with Crippen molar-refractivity contribution in [2.24, 2.45) is 10.1 Å². The molecule has 18 heavy (non-hydrogen) atoms. The molecule has 7 nitrogen and oxygen atoms in total. The molecule has 2 rings (SSSR count). The Kier molecular flexibility index (Phi) is 2.79. The van der Waals surface area contributed by atoms with Crippen LogP contribution in [0.1, 0.15) is 0 Å². The number of aromatic hydroxyl groups is 1. The lowest BCUT2D eigenvalue weighted by Gasteiger charge is -2.03. The number of sulfonamides is 1. The van der Waals surface area contributed by atoms with E-state index in [1.165, 1.54) is 12.1 Å². The van der Waals surface area contributed by atoms with Crippen molar-refractivity contribution in [1.29, 1.82) is 0 Å². The van der Waals surface area contributed by atoms with Gasteiger partial charge in [-0.1, -0.05) is 12.1 Å². The molecule has 0 amide bonds. The van der Waals surface area contributed by atoms with Gasteiger partial charge in [0.05, 0.1) is 0 Å². The minimum atomic E-state index is -3.96. The molecule has 0 atom stereocenters. The van der Waals surface area contributed by atoms with Crippen molar-refractivity contribution in [2.75, 3.05) is 0 Å². The molecule has 0 aliphatic carbocycles. The number of phenolic OH excluding ortho intramolecular Hbond substituents is 1. The SMILES string of the molecule is NC1=CC(C(=O)Oc2ccccc2O)=NS1(=O)=O. The summed E-state index contributed by atoms with van der Waals surface area (Å²) < 4.78 is 30.2. The van der Waals surface area contributed by atoms with E-state index in [9.17, 15) is 18.3 Å². The van der Waals surface area contributed by atoms with Crippen LogP contribution >= 0.6 is 0 Å². The first-order valence-corrected chi connectivity index (χ1v) is 6.16. The van der Waals surface area contributed by atoms with Crippen LogP contribution in [0.3, 0.4) is 0 Å². The van der Waals surface area contributed by atoms with Gasteiger partial charge in [-0.05, 0) is 12.1 Å². The Balaban J connectivity index is 2.24. The largest absolute Gasteiger partial charge is 0.504 e. The molecule has 3 N–H and O–H groups in total. The molecule has 0 aromatic heterocycles. The molecular weight excluding hydrogens is 260 g/mol. The number of carbonyl (C=O) groups is 1. The first kappa shape index (κ1) is 12.1. The zero-order valence-electron chi connectivity index (χ0n) is 8.90. The van der Waals surface area contributed by atoms with E-state index in [0.717, 1.165) is 6.08 Å². The number of para-hydroxylation sites is 2. The van der Waals surface area contributed by atoms with E-state index in [0.29, 0.717) is 0 Å². The van der Waals surface area contributed by atoms with E-state index in [1.54, 1.807) is 12.1 Å². The third-order valence-electron chi connectivity index (χ3n) is 2.07. The lowest BCUT2D eigenvalue weighted by atomic mass is 10.3. The molecule has 0 bridgehead atoms. The highest BCUT2D eigenvalue weighted by Crippen LogP contribution is 2.25. The topological polar surface area (TPSA) is 119 Å². The average Bonchev–Trinajstić information content (AvgIpc) is 2.57. The first-order valence-electron chi connectivity index (χ1n) is 4.72. The van der Waals surface area contributed by atoms with E-state index in [4.69, 9.17) is 10.5 Å². The maximum atomic E-state index is 11.6. The van der Waals surface area contributed by atoms with Crippen LogP contribution in [0.5, 0.6) is 11.5 Å². The number of phenols is 1. The quantitative estimate of drug-likeness (QED) is 0.570. The van der Waals surface area contributed by atoms with Crippen molar-refractivity contribution in [1.82, 2.24) is 0 Å². The maximum absolute atomic E-state index is 11.6. The summed E-state index contributed by atoms with van der Waals surface area (Å²) in [5.74, 6) is -1.36. The third-order valence-corrected chi connectivity index (χ3v) is 3.22.